The molecule has 3 heterocycles. The first-order chi connectivity index (χ1) is 14.2. The number of benzene rings is 1. The van der Waals surface area contributed by atoms with Crippen LogP contribution in [0.25, 0.3) is 5.69 Å². The topological polar surface area (TPSA) is 66.3 Å². The van der Waals surface area contributed by atoms with Crippen molar-refractivity contribution in [1.82, 2.24) is 29.9 Å². The molecule has 1 saturated heterocycles. The fraction of sp³-hybridized carbons (Fsp3) is 0.409. The van der Waals surface area contributed by atoms with Gasteiger partial charge < -0.3 is 15.1 Å². The van der Waals surface area contributed by atoms with Gasteiger partial charge in [-0.2, -0.15) is 5.10 Å². The molecule has 0 aliphatic carbocycles. The van der Waals surface area contributed by atoms with Crippen molar-refractivity contribution in [3.63, 3.8) is 0 Å². The van der Waals surface area contributed by atoms with Gasteiger partial charge in [-0.1, -0.05) is 12.2 Å². The molecular formula is C22H31Cl3N6O. The largest absolute Gasteiger partial charge is 0.376 e. The lowest BCUT2D eigenvalue weighted by atomic mass is 10.0. The van der Waals surface area contributed by atoms with Crippen LogP contribution in [0, 0.1) is 0 Å². The average Bonchev–Trinajstić information content (AvgIpc) is 3.29. The minimum atomic E-state index is 0. The molecule has 0 atom stereocenters. The Balaban J connectivity index is 0.00000171. The minimum absolute atomic E-state index is 0. The molecule has 4 rings (SSSR count). The number of nitrogens with zero attached hydrogens (tertiary/aromatic N) is 5. The number of carbonyl (C=O) groups excluding carboxylic acids is 1. The SMILES string of the molecule is CN1C=C(CCNC2CCN(C(=O)c3ccc(-n4cncn4)cc3)CC2)C=CC1.Cl.Cl.Cl. The molecule has 0 spiro atoms. The highest BCUT2D eigenvalue weighted by Gasteiger charge is 2.23. The van der Waals surface area contributed by atoms with E-state index in [0.717, 1.165) is 56.7 Å². The van der Waals surface area contributed by atoms with Crippen molar-refractivity contribution in [2.75, 3.05) is 33.2 Å². The molecule has 7 nitrogen and oxygen atoms in total. The molecule has 2 aliphatic heterocycles. The van der Waals surface area contributed by atoms with Crippen molar-refractivity contribution in [3.8, 4) is 5.69 Å². The van der Waals surface area contributed by atoms with Crippen LogP contribution in [0.5, 0.6) is 0 Å². The molecule has 0 saturated carbocycles. The first kappa shape index (κ1) is 28.0. The second-order valence-corrected chi connectivity index (χ2v) is 7.70. The maximum atomic E-state index is 12.8. The average molecular weight is 502 g/mol. The first-order valence-electron chi connectivity index (χ1n) is 10.2. The molecule has 10 heteroatoms. The van der Waals surface area contributed by atoms with Crippen molar-refractivity contribution in [2.45, 2.75) is 25.3 Å². The smallest absolute Gasteiger partial charge is 0.253 e. The van der Waals surface area contributed by atoms with Gasteiger partial charge in [0.2, 0.25) is 0 Å². The van der Waals surface area contributed by atoms with Crippen LogP contribution < -0.4 is 5.32 Å². The maximum Gasteiger partial charge on any atom is 0.253 e. The van der Waals surface area contributed by atoms with Gasteiger partial charge in [0.05, 0.1) is 5.69 Å². The summed E-state index contributed by atoms with van der Waals surface area (Å²) in [5.74, 6) is 0.106. The van der Waals surface area contributed by atoms with Crippen molar-refractivity contribution in [2.24, 2.45) is 0 Å². The van der Waals surface area contributed by atoms with Gasteiger partial charge >= 0.3 is 0 Å². The summed E-state index contributed by atoms with van der Waals surface area (Å²) < 4.78 is 1.68. The second-order valence-electron chi connectivity index (χ2n) is 7.70. The van der Waals surface area contributed by atoms with Crippen molar-refractivity contribution >= 4 is 43.1 Å². The van der Waals surface area contributed by atoms with E-state index in [4.69, 9.17) is 0 Å². The number of allylic oxidation sites excluding steroid dienone is 1. The Hall–Kier alpha value is -2.06. The predicted octanol–water partition coefficient (Wildman–Crippen LogP) is 3.50. The Labute approximate surface area is 208 Å². The van der Waals surface area contributed by atoms with E-state index in [-0.39, 0.29) is 43.1 Å². The Bertz CT molecular complexity index is 878. The summed E-state index contributed by atoms with van der Waals surface area (Å²) in [4.78, 5) is 20.9. The molecule has 0 bridgehead atoms. The highest BCUT2D eigenvalue weighted by Crippen LogP contribution is 2.16. The van der Waals surface area contributed by atoms with Crippen LogP contribution in [0.4, 0.5) is 0 Å². The van der Waals surface area contributed by atoms with E-state index in [1.54, 1.807) is 11.0 Å². The van der Waals surface area contributed by atoms with Crippen LogP contribution in [-0.2, 0) is 0 Å². The number of carbonyl (C=O) groups is 1. The lowest BCUT2D eigenvalue weighted by Gasteiger charge is -2.32. The van der Waals surface area contributed by atoms with Crippen molar-refractivity contribution < 1.29 is 4.79 Å². The van der Waals surface area contributed by atoms with Gasteiger partial charge in [-0.05, 0) is 55.6 Å². The van der Waals surface area contributed by atoms with Crippen molar-refractivity contribution in [1.29, 1.82) is 0 Å². The number of piperidine rings is 1. The summed E-state index contributed by atoms with van der Waals surface area (Å²) in [6, 6.07) is 8.03. The van der Waals surface area contributed by atoms with Crippen molar-refractivity contribution in [3.05, 3.63) is 66.4 Å². The monoisotopic (exact) mass is 500 g/mol. The lowest BCUT2D eigenvalue weighted by molar-refractivity contribution is 0.0705. The normalized spacial score (nSPS) is 15.8. The molecule has 2 aliphatic rings. The Kier molecular flexibility index (Phi) is 11.8. The van der Waals surface area contributed by atoms with E-state index < -0.39 is 0 Å². The molecule has 0 unspecified atom stereocenters. The lowest BCUT2D eigenvalue weighted by Crippen LogP contribution is -2.45. The van der Waals surface area contributed by atoms with Crippen LogP contribution in [0.2, 0.25) is 0 Å². The number of hydrogen-bond acceptors (Lipinski definition) is 5. The molecule has 32 heavy (non-hydrogen) atoms. The van der Waals surface area contributed by atoms with Crippen LogP contribution >= 0.6 is 37.2 Å². The van der Waals surface area contributed by atoms with Gasteiger partial charge in [0.25, 0.3) is 5.91 Å². The molecule has 1 aromatic heterocycles. The fourth-order valence-electron chi connectivity index (χ4n) is 3.89. The number of rotatable bonds is 6. The van der Waals surface area contributed by atoms with Crippen LogP contribution in [0.1, 0.15) is 29.6 Å². The minimum Gasteiger partial charge on any atom is -0.376 e. The number of amides is 1. The second kappa shape index (κ2) is 13.5. The number of likely N-dealkylation sites (N-methyl/N-ethyl adjacent to an activating group) is 1. The first-order valence-corrected chi connectivity index (χ1v) is 10.2. The Morgan fingerprint density at radius 1 is 1.12 bits per heavy atom. The molecule has 176 valence electrons. The van der Waals surface area contributed by atoms with E-state index in [1.165, 1.54) is 11.9 Å². The van der Waals surface area contributed by atoms with Gasteiger partial charge in [0.15, 0.2) is 0 Å². The molecule has 0 radical (unpaired) electrons. The number of hydrogen-bond donors (Lipinski definition) is 1. The summed E-state index contributed by atoms with van der Waals surface area (Å²) in [5.41, 5.74) is 2.99. The quantitative estimate of drug-likeness (QED) is 0.656. The predicted molar refractivity (Wildman–Crippen MR) is 135 cm³/mol. The fourth-order valence-corrected chi connectivity index (χ4v) is 3.89. The summed E-state index contributed by atoms with van der Waals surface area (Å²) in [6.07, 6.45) is 12.8. The molecule has 1 N–H and O–H groups in total. The highest BCUT2D eigenvalue weighted by molar-refractivity contribution is 5.94. The zero-order chi connectivity index (χ0) is 20.1. The number of likely N-dealkylation sites (tertiary alicyclic amines) is 1. The van der Waals surface area contributed by atoms with Crippen LogP contribution in [0.3, 0.4) is 0 Å². The van der Waals surface area contributed by atoms with Gasteiger partial charge in [-0.15, -0.1) is 37.2 Å². The molecule has 2 aromatic rings. The van der Waals surface area contributed by atoms with E-state index in [2.05, 4.69) is 45.7 Å². The van der Waals surface area contributed by atoms with Gasteiger partial charge in [0, 0.05) is 44.5 Å². The van der Waals surface area contributed by atoms with E-state index in [0.29, 0.717) is 6.04 Å². The maximum absolute atomic E-state index is 12.8. The zero-order valence-corrected chi connectivity index (χ0v) is 20.5. The number of nitrogens with one attached hydrogen (secondary N) is 1. The van der Waals surface area contributed by atoms with Crippen LogP contribution in [-0.4, -0.2) is 69.7 Å². The Morgan fingerprint density at radius 3 is 2.47 bits per heavy atom. The Morgan fingerprint density at radius 2 is 1.84 bits per heavy atom. The van der Waals surface area contributed by atoms with E-state index in [9.17, 15) is 4.79 Å². The molecule has 1 fully saturated rings. The van der Waals surface area contributed by atoms with Gasteiger partial charge in [-0.3, -0.25) is 4.79 Å². The molecular weight excluding hydrogens is 471 g/mol. The summed E-state index contributed by atoms with van der Waals surface area (Å²) in [6.45, 7) is 3.57. The van der Waals surface area contributed by atoms with Gasteiger partial charge in [0.1, 0.15) is 12.7 Å². The third-order valence-corrected chi connectivity index (χ3v) is 5.54. The van der Waals surface area contributed by atoms with Crippen LogP contribution in [0.15, 0.2) is 60.8 Å². The number of aromatic nitrogens is 3. The summed E-state index contributed by atoms with van der Waals surface area (Å²) in [7, 11) is 2.10. The van der Waals surface area contributed by atoms with Gasteiger partial charge in [-0.25, -0.2) is 9.67 Å². The standard InChI is InChI=1S/C22H28N6O.3ClH/c1-26-12-2-3-18(15-26)8-11-24-20-9-13-27(14-10-20)22(29)19-4-6-21(7-5-19)28-17-23-16-25-28;;;/h2-7,15-17,20,24H,8-14H2,1H3;3*1H. The van der Waals surface area contributed by atoms with E-state index >= 15 is 0 Å². The third kappa shape index (κ3) is 7.24. The zero-order valence-electron chi connectivity index (χ0n) is 18.1. The number of halogens is 3. The summed E-state index contributed by atoms with van der Waals surface area (Å²) in [5, 5.41) is 7.77. The van der Waals surface area contributed by atoms with E-state index in [1.807, 2.05) is 29.2 Å². The third-order valence-electron chi connectivity index (χ3n) is 5.54. The highest BCUT2D eigenvalue weighted by atomic mass is 35.5. The molecule has 1 amide bonds. The molecule has 1 aromatic carbocycles. The summed E-state index contributed by atoms with van der Waals surface area (Å²) >= 11 is 0.